The van der Waals surface area contributed by atoms with Gasteiger partial charge in [0, 0.05) is 23.2 Å². The number of hydrogen-bond donors (Lipinski definition) is 1. The molecule has 5 nitrogen and oxygen atoms in total. The van der Waals surface area contributed by atoms with Crippen LogP contribution < -0.4 is 15.0 Å². The van der Waals surface area contributed by atoms with Crippen molar-refractivity contribution in [2.45, 2.75) is 26.7 Å². The van der Waals surface area contributed by atoms with Crippen LogP contribution in [0, 0.1) is 0 Å². The molecule has 0 spiro atoms. The maximum absolute atomic E-state index is 13.3. The summed E-state index contributed by atoms with van der Waals surface area (Å²) >= 11 is 0. The van der Waals surface area contributed by atoms with E-state index in [0.717, 1.165) is 22.0 Å². The fourth-order valence-corrected chi connectivity index (χ4v) is 4.15. The van der Waals surface area contributed by atoms with Crippen molar-refractivity contribution in [1.82, 2.24) is 0 Å². The van der Waals surface area contributed by atoms with Gasteiger partial charge in [-0.2, -0.15) is 0 Å². The Kier molecular flexibility index (Phi) is 7.46. The summed E-state index contributed by atoms with van der Waals surface area (Å²) in [6.45, 7) is 6.59. The number of amides is 2. The Morgan fingerprint density at radius 1 is 0.857 bits per heavy atom. The zero-order chi connectivity index (χ0) is 24.8. The standard InChI is InChI=1S/C30H30N2O3/c1-4-32(27-14-9-11-22-10-5-6-13-26(22)27)30(34)23-16-18-24(19-17-23)31-29(33)20-35-28-15-8-7-12-25(28)21(2)3/h5-19,21H,4,20H2,1-3H3,(H,31,33). The summed E-state index contributed by atoms with van der Waals surface area (Å²) < 4.78 is 5.75. The molecule has 5 heteroatoms. The molecule has 0 aliphatic carbocycles. The predicted molar refractivity (Wildman–Crippen MR) is 142 cm³/mol. The highest BCUT2D eigenvalue weighted by Crippen LogP contribution is 2.28. The molecule has 0 fully saturated rings. The van der Waals surface area contributed by atoms with Crippen molar-refractivity contribution in [1.29, 1.82) is 0 Å². The zero-order valence-electron chi connectivity index (χ0n) is 20.3. The molecule has 35 heavy (non-hydrogen) atoms. The zero-order valence-corrected chi connectivity index (χ0v) is 20.3. The van der Waals surface area contributed by atoms with Crippen LogP contribution in [-0.4, -0.2) is 25.0 Å². The Morgan fingerprint density at radius 3 is 2.29 bits per heavy atom. The average Bonchev–Trinajstić information content (AvgIpc) is 2.88. The monoisotopic (exact) mass is 466 g/mol. The second-order valence-corrected chi connectivity index (χ2v) is 8.65. The lowest BCUT2D eigenvalue weighted by atomic mass is 10.0. The second-order valence-electron chi connectivity index (χ2n) is 8.65. The highest BCUT2D eigenvalue weighted by Gasteiger charge is 2.18. The minimum Gasteiger partial charge on any atom is -0.483 e. The van der Waals surface area contributed by atoms with Crippen LogP contribution in [0.4, 0.5) is 11.4 Å². The molecule has 0 saturated heterocycles. The molecule has 178 valence electrons. The third kappa shape index (κ3) is 5.52. The van der Waals surface area contributed by atoms with E-state index in [-0.39, 0.29) is 18.4 Å². The maximum Gasteiger partial charge on any atom is 0.262 e. The van der Waals surface area contributed by atoms with Gasteiger partial charge in [-0.25, -0.2) is 0 Å². The van der Waals surface area contributed by atoms with Crippen LogP contribution >= 0.6 is 0 Å². The molecule has 0 radical (unpaired) electrons. The van der Waals surface area contributed by atoms with Crippen LogP contribution in [0.3, 0.4) is 0 Å². The molecule has 4 aromatic rings. The number of nitrogens with one attached hydrogen (secondary N) is 1. The van der Waals surface area contributed by atoms with Gasteiger partial charge in [0.2, 0.25) is 0 Å². The molecule has 4 rings (SSSR count). The van der Waals surface area contributed by atoms with E-state index in [2.05, 4.69) is 19.2 Å². The molecule has 1 N–H and O–H groups in total. The van der Waals surface area contributed by atoms with Gasteiger partial charge in [-0.15, -0.1) is 0 Å². The van der Waals surface area contributed by atoms with Gasteiger partial charge >= 0.3 is 0 Å². The number of para-hydroxylation sites is 1. The first-order chi connectivity index (χ1) is 17.0. The molecule has 0 bridgehead atoms. The Bertz CT molecular complexity index is 1320. The van der Waals surface area contributed by atoms with Gasteiger partial charge in [-0.3, -0.25) is 9.59 Å². The first-order valence-corrected chi connectivity index (χ1v) is 11.9. The lowest BCUT2D eigenvalue weighted by molar-refractivity contribution is -0.118. The highest BCUT2D eigenvalue weighted by molar-refractivity contribution is 6.11. The van der Waals surface area contributed by atoms with Crippen molar-refractivity contribution in [3.8, 4) is 5.75 Å². The summed E-state index contributed by atoms with van der Waals surface area (Å²) in [5.74, 6) is 0.673. The number of nitrogens with zero attached hydrogens (tertiary/aromatic N) is 1. The van der Waals surface area contributed by atoms with Gasteiger partial charge in [0.1, 0.15) is 5.75 Å². The number of fused-ring (bicyclic) bond motifs is 1. The SMILES string of the molecule is CCN(C(=O)c1ccc(NC(=O)COc2ccccc2C(C)C)cc1)c1cccc2ccccc12. The number of ether oxygens (including phenoxy) is 1. The Labute approximate surface area is 206 Å². The first-order valence-electron chi connectivity index (χ1n) is 11.9. The summed E-state index contributed by atoms with van der Waals surface area (Å²) in [5.41, 5.74) is 3.11. The van der Waals surface area contributed by atoms with E-state index in [1.54, 1.807) is 29.2 Å². The van der Waals surface area contributed by atoms with Crippen LogP contribution in [0.2, 0.25) is 0 Å². The van der Waals surface area contributed by atoms with Crippen molar-refractivity contribution in [3.05, 3.63) is 102 Å². The average molecular weight is 467 g/mol. The minimum absolute atomic E-state index is 0.0876. The Balaban J connectivity index is 1.42. The van der Waals surface area contributed by atoms with E-state index >= 15 is 0 Å². The van der Waals surface area contributed by atoms with Gasteiger partial charge in [0.25, 0.3) is 11.8 Å². The normalized spacial score (nSPS) is 10.9. The smallest absolute Gasteiger partial charge is 0.262 e. The largest absolute Gasteiger partial charge is 0.483 e. The van der Waals surface area contributed by atoms with Crippen molar-refractivity contribution in [3.63, 3.8) is 0 Å². The van der Waals surface area contributed by atoms with E-state index in [0.29, 0.717) is 29.5 Å². The van der Waals surface area contributed by atoms with Gasteiger partial charge in [0.15, 0.2) is 6.61 Å². The summed E-state index contributed by atoms with van der Waals surface area (Å²) in [7, 11) is 0. The summed E-state index contributed by atoms with van der Waals surface area (Å²) in [5, 5.41) is 4.96. The quantitative estimate of drug-likeness (QED) is 0.316. The van der Waals surface area contributed by atoms with E-state index in [4.69, 9.17) is 4.74 Å². The Morgan fingerprint density at radius 2 is 1.54 bits per heavy atom. The molecule has 0 aromatic heterocycles. The second kappa shape index (κ2) is 10.9. The number of rotatable bonds is 8. The van der Waals surface area contributed by atoms with Crippen molar-refractivity contribution < 1.29 is 14.3 Å². The number of carbonyl (C=O) groups is 2. The van der Waals surface area contributed by atoms with Gasteiger partial charge in [-0.05, 0) is 60.2 Å². The molecule has 0 aliphatic rings. The van der Waals surface area contributed by atoms with Gasteiger partial charge in [-0.1, -0.05) is 68.4 Å². The molecule has 2 amide bonds. The summed E-state index contributed by atoms with van der Waals surface area (Å²) in [4.78, 5) is 27.5. The third-order valence-electron chi connectivity index (χ3n) is 5.93. The number of anilines is 2. The third-order valence-corrected chi connectivity index (χ3v) is 5.93. The number of hydrogen-bond acceptors (Lipinski definition) is 3. The van der Waals surface area contributed by atoms with E-state index < -0.39 is 0 Å². The van der Waals surface area contributed by atoms with E-state index in [1.807, 2.05) is 73.7 Å². The highest BCUT2D eigenvalue weighted by atomic mass is 16.5. The number of carbonyl (C=O) groups excluding carboxylic acids is 2. The fraction of sp³-hybridized carbons (Fsp3) is 0.200. The Hall–Kier alpha value is -4.12. The van der Waals surface area contributed by atoms with Gasteiger partial charge in [0.05, 0.1) is 5.69 Å². The van der Waals surface area contributed by atoms with Crippen LogP contribution in [0.15, 0.2) is 91.0 Å². The van der Waals surface area contributed by atoms with Crippen LogP contribution in [0.5, 0.6) is 5.75 Å². The number of benzene rings is 4. The lowest BCUT2D eigenvalue weighted by Gasteiger charge is -2.23. The maximum atomic E-state index is 13.3. The molecule has 0 atom stereocenters. The van der Waals surface area contributed by atoms with Crippen LogP contribution in [0.1, 0.15) is 42.6 Å². The van der Waals surface area contributed by atoms with Crippen molar-refractivity contribution >= 4 is 34.0 Å². The summed E-state index contributed by atoms with van der Waals surface area (Å²) in [6, 6.07) is 28.7. The molecule has 4 aromatic carbocycles. The molecule has 0 aliphatic heterocycles. The van der Waals surface area contributed by atoms with Crippen molar-refractivity contribution in [2.24, 2.45) is 0 Å². The van der Waals surface area contributed by atoms with Crippen LogP contribution in [-0.2, 0) is 4.79 Å². The predicted octanol–water partition coefficient (Wildman–Crippen LogP) is 6.65. The van der Waals surface area contributed by atoms with Crippen LogP contribution in [0.25, 0.3) is 10.8 Å². The molecular weight excluding hydrogens is 436 g/mol. The molecule has 0 saturated carbocycles. The van der Waals surface area contributed by atoms with Crippen molar-refractivity contribution in [2.75, 3.05) is 23.4 Å². The van der Waals surface area contributed by atoms with Gasteiger partial charge < -0.3 is 15.0 Å². The molecule has 0 heterocycles. The molecular formula is C30H30N2O3. The first kappa shape index (κ1) is 24.0. The fourth-order valence-electron chi connectivity index (χ4n) is 4.15. The topological polar surface area (TPSA) is 58.6 Å². The lowest BCUT2D eigenvalue weighted by Crippen LogP contribution is -2.30. The summed E-state index contributed by atoms with van der Waals surface area (Å²) in [6.07, 6.45) is 0. The van der Waals surface area contributed by atoms with E-state index in [9.17, 15) is 9.59 Å². The minimum atomic E-state index is -0.256. The van der Waals surface area contributed by atoms with E-state index in [1.165, 1.54) is 0 Å². The molecule has 0 unspecified atom stereocenters.